The molecular formula is C19H27N3O3. The van der Waals surface area contributed by atoms with E-state index in [9.17, 15) is 9.59 Å². The van der Waals surface area contributed by atoms with Crippen molar-refractivity contribution in [3.05, 3.63) is 23.5 Å². The standard InChI is InChI=1S/C19H27N3O3/c1-11(2)15-8-13(18(24)25-10-16(23)19(5,6)7)14-9-20-22(12(3)4)17(14)21-15/h8-9,11-12H,10H2,1-7H3. The molecule has 2 rings (SSSR count). The first-order valence-corrected chi connectivity index (χ1v) is 8.61. The van der Waals surface area contributed by atoms with E-state index in [1.54, 1.807) is 37.7 Å². The van der Waals surface area contributed by atoms with Gasteiger partial charge in [0, 0.05) is 17.2 Å². The lowest BCUT2D eigenvalue weighted by molar-refractivity contribution is -0.129. The fourth-order valence-corrected chi connectivity index (χ4v) is 2.31. The SMILES string of the molecule is CC(C)c1cc(C(=O)OCC(=O)C(C)(C)C)c2cnn(C(C)C)c2n1. The highest BCUT2D eigenvalue weighted by atomic mass is 16.5. The molecule has 0 bridgehead atoms. The number of ketones is 1. The van der Waals surface area contributed by atoms with Crippen LogP contribution in [0.2, 0.25) is 0 Å². The first kappa shape index (κ1) is 19.1. The van der Waals surface area contributed by atoms with Gasteiger partial charge in [0.1, 0.15) is 0 Å². The number of pyridine rings is 1. The monoisotopic (exact) mass is 345 g/mol. The van der Waals surface area contributed by atoms with Gasteiger partial charge in [-0.2, -0.15) is 5.10 Å². The summed E-state index contributed by atoms with van der Waals surface area (Å²) in [6.45, 7) is 13.2. The molecule has 0 amide bonds. The predicted molar refractivity (Wildman–Crippen MR) is 96.7 cm³/mol. The number of esters is 1. The van der Waals surface area contributed by atoms with Crippen LogP contribution in [0.1, 0.15) is 76.5 Å². The van der Waals surface area contributed by atoms with Crippen molar-refractivity contribution in [3.63, 3.8) is 0 Å². The van der Waals surface area contributed by atoms with Crippen molar-refractivity contribution < 1.29 is 14.3 Å². The molecule has 0 spiro atoms. The van der Waals surface area contributed by atoms with Crippen molar-refractivity contribution in [2.45, 2.75) is 60.4 Å². The van der Waals surface area contributed by atoms with E-state index in [2.05, 4.69) is 10.1 Å². The minimum Gasteiger partial charge on any atom is -0.454 e. The van der Waals surface area contributed by atoms with Gasteiger partial charge in [0.05, 0.1) is 17.1 Å². The Morgan fingerprint density at radius 1 is 1.20 bits per heavy atom. The van der Waals surface area contributed by atoms with Crippen LogP contribution in [-0.4, -0.2) is 33.1 Å². The van der Waals surface area contributed by atoms with Crippen molar-refractivity contribution in [2.24, 2.45) is 5.41 Å². The molecule has 0 atom stereocenters. The zero-order chi connectivity index (χ0) is 18.9. The van der Waals surface area contributed by atoms with Crippen molar-refractivity contribution in [1.82, 2.24) is 14.8 Å². The van der Waals surface area contributed by atoms with Crippen LogP contribution in [0.5, 0.6) is 0 Å². The van der Waals surface area contributed by atoms with Crippen LogP contribution < -0.4 is 0 Å². The highest BCUT2D eigenvalue weighted by Crippen LogP contribution is 2.25. The summed E-state index contributed by atoms with van der Waals surface area (Å²) in [5, 5.41) is 5.00. The van der Waals surface area contributed by atoms with Gasteiger partial charge in [-0.1, -0.05) is 34.6 Å². The quantitative estimate of drug-likeness (QED) is 0.768. The van der Waals surface area contributed by atoms with E-state index in [1.165, 1.54) is 0 Å². The largest absolute Gasteiger partial charge is 0.454 e. The fraction of sp³-hybridized carbons (Fsp3) is 0.579. The second-order valence-electron chi connectivity index (χ2n) is 7.92. The summed E-state index contributed by atoms with van der Waals surface area (Å²) in [4.78, 5) is 29.3. The van der Waals surface area contributed by atoms with Crippen molar-refractivity contribution in [1.29, 1.82) is 0 Å². The summed E-state index contributed by atoms with van der Waals surface area (Å²) >= 11 is 0. The van der Waals surface area contributed by atoms with Gasteiger partial charge in [-0.05, 0) is 25.8 Å². The Morgan fingerprint density at radius 3 is 2.36 bits per heavy atom. The average molecular weight is 345 g/mol. The fourth-order valence-electron chi connectivity index (χ4n) is 2.31. The van der Waals surface area contributed by atoms with Gasteiger partial charge in [-0.25, -0.2) is 14.5 Å². The number of carbonyl (C=O) groups is 2. The number of hydrogen-bond donors (Lipinski definition) is 0. The third-order valence-electron chi connectivity index (χ3n) is 4.06. The molecule has 136 valence electrons. The van der Waals surface area contributed by atoms with Crippen molar-refractivity contribution in [3.8, 4) is 0 Å². The molecule has 2 aromatic heterocycles. The zero-order valence-electron chi connectivity index (χ0n) is 16.1. The number of ether oxygens (including phenoxy) is 1. The van der Waals surface area contributed by atoms with E-state index in [4.69, 9.17) is 4.74 Å². The maximum Gasteiger partial charge on any atom is 0.339 e. The molecule has 2 heterocycles. The molecule has 6 nitrogen and oxygen atoms in total. The van der Waals surface area contributed by atoms with Gasteiger partial charge >= 0.3 is 5.97 Å². The summed E-state index contributed by atoms with van der Waals surface area (Å²) in [5.41, 5.74) is 1.32. The van der Waals surface area contributed by atoms with Crippen LogP contribution in [-0.2, 0) is 9.53 Å². The Morgan fingerprint density at radius 2 is 1.84 bits per heavy atom. The molecule has 25 heavy (non-hydrogen) atoms. The second-order valence-corrected chi connectivity index (χ2v) is 7.92. The van der Waals surface area contributed by atoms with Crippen LogP contribution in [0.3, 0.4) is 0 Å². The Kier molecular flexibility index (Phi) is 5.30. The number of Topliss-reactive ketones (excluding diaryl/α,β-unsaturated/α-hetero) is 1. The van der Waals surface area contributed by atoms with E-state index in [-0.39, 0.29) is 24.3 Å². The second kappa shape index (κ2) is 6.94. The van der Waals surface area contributed by atoms with Crippen molar-refractivity contribution >= 4 is 22.8 Å². The molecule has 0 fully saturated rings. The molecule has 0 radical (unpaired) electrons. The molecule has 0 saturated heterocycles. The highest BCUT2D eigenvalue weighted by Gasteiger charge is 2.24. The number of rotatable bonds is 5. The molecule has 2 aromatic rings. The molecule has 0 aliphatic rings. The van der Waals surface area contributed by atoms with Gasteiger partial charge in [0.25, 0.3) is 0 Å². The van der Waals surface area contributed by atoms with Crippen LogP contribution in [0.4, 0.5) is 0 Å². The molecule has 0 N–H and O–H groups in total. The molecule has 0 unspecified atom stereocenters. The maximum absolute atomic E-state index is 12.6. The van der Waals surface area contributed by atoms with Crippen LogP contribution >= 0.6 is 0 Å². The highest BCUT2D eigenvalue weighted by molar-refractivity contribution is 6.03. The first-order chi connectivity index (χ1) is 11.5. The number of aromatic nitrogens is 3. The van der Waals surface area contributed by atoms with E-state index in [0.717, 1.165) is 5.69 Å². The summed E-state index contributed by atoms with van der Waals surface area (Å²) in [6, 6.07) is 1.86. The Balaban J connectivity index is 2.42. The van der Waals surface area contributed by atoms with Gasteiger partial charge < -0.3 is 4.74 Å². The molecule has 0 aliphatic heterocycles. The van der Waals surface area contributed by atoms with Gasteiger partial charge in [-0.3, -0.25) is 4.79 Å². The van der Waals surface area contributed by atoms with E-state index < -0.39 is 11.4 Å². The Bertz CT molecular complexity index is 798. The minimum atomic E-state index is -0.542. The van der Waals surface area contributed by atoms with Gasteiger partial charge in [0.2, 0.25) is 0 Å². The number of fused-ring (bicyclic) bond motifs is 1. The first-order valence-electron chi connectivity index (χ1n) is 8.61. The molecule has 0 saturated carbocycles. The van der Waals surface area contributed by atoms with E-state index in [0.29, 0.717) is 16.6 Å². The van der Waals surface area contributed by atoms with E-state index in [1.807, 2.05) is 27.7 Å². The number of carbonyl (C=O) groups excluding carboxylic acids is 2. The van der Waals surface area contributed by atoms with Crippen LogP contribution in [0.25, 0.3) is 11.0 Å². The topological polar surface area (TPSA) is 74.1 Å². The Hall–Kier alpha value is -2.24. The third-order valence-corrected chi connectivity index (χ3v) is 4.06. The molecule has 0 aliphatic carbocycles. The smallest absolute Gasteiger partial charge is 0.339 e. The minimum absolute atomic E-state index is 0.117. The zero-order valence-corrected chi connectivity index (χ0v) is 16.1. The van der Waals surface area contributed by atoms with Crippen LogP contribution in [0.15, 0.2) is 12.3 Å². The average Bonchev–Trinajstić information content (AvgIpc) is 2.94. The lowest BCUT2D eigenvalue weighted by Crippen LogP contribution is -2.26. The number of hydrogen-bond acceptors (Lipinski definition) is 5. The maximum atomic E-state index is 12.6. The van der Waals surface area contributed by atoms with Crippen molar-refractivity contribution in [2.75, 3.05) is 6.61 Å². The number of nitrogens with zero attached hydrogens (tertiary/aromatic N) is 3. The lowest BCUT2D eigenvalue weighted by Gasteiger charge is -2.16. The van der Waals surface area contributed by atoms with Gasteiger partial charge in [-0.15, -0.1) is 0 Å². The summed E-state index contributed by atoms with van der Waals surface area (Å²) < 4.78 is 7.07. The molecule has 0 aromatic carbocycles. The molecular weight excluding hydrogens is 318 g/mol. The predicted octanol–water partition coefficient (Wildman–Crippen LogP) is 3.91. The molecule has 6 heteroatoms. The van der Waals surface area contributed by atoms with Crippen LogP contribution in [0, 0.1) is 5.41 Å². The summed E-state index contributed by atoms with van der Waals surface area (Å²) in [5.74, 6) is -0.481. The lowest BCUT2D eigenvalue weighted by atomic mass is 9.91. The normalized spacial score (nSPS) is 12.2. The van der Waals surface area contributed by atoms with E-state index >= 15 is 0 Å². The Labute approximate surface area is 148 Å². The van der Waals surface area contributed by atoms with Gasteiger partial charge in [0.15, 0.2) is 18.0 Å². The third kappa shape index (κ3) is 4.06. The summed E-state index contributed by atoms with van der Waals surface area (Å²) in [7, 11) is 0. The summed E-state index contributed by atoms with van der Waals surface area (Å²) in [6.07, 6.45) is 1.63.